The van der Waals surface area contributed by atoms with Gasteiger partial charge in [0.05, 0.1) is 6.10 Å². The highest BCUT2D eigenvalue weighted by molar-refractivity contribution is 4.70. The summed E-state index contributed by atoms with van der Waals surface area (Å²) >= 11 is 0. The minimum atomic E-state index is -0.221. The van der Waals surface area contributed by atoms with Gasteiger partial charge in [-0.15, -0.1) is 0 Å². The summed E-state index contributed by atoms with van der Waals surface area (Å²) in [6.07, 6.45) is 3.11. The topological polar surface area (TPSA) is 32.3 Å². The minimum absolute atomic E-state index is 0.221. The van der Waals surface area contributed by atoms with E-state index in [0.29, 0.717) is 6.04 Å². The van der Waals surface area contributed by atoms with Gasteiger partial charge in [-0.3, -0.25) is 0 Å². The van der Waals surface area contributed by atoms with E-state index in [0.717, 1.165) is 25.8 Å². The number of rotatable bonds is 6. The Kier molecular flexibility index (Phi) is 6.57. The molecule has 2 unspecified atom stereocenters. The van der Waals surface area contributed by atoms with Gasteiger partial charge in [0, 0.05) is 6.04 Å². The molecule has 0 amide bonds. The van der Waals surface area contributed by atoms with Crippen molar-refractivity contribution in [1.29, 1.82) is 0 Å². The Morgan fingerprint density at radius 2 is 1.91 bits per heavy atom. The van der Waals surface area contributed by atoms with Crippen LogP contribution in [0.3, 0.4) is 0 Å². The van der Waals surface area contributed by atoms with Crippen LogP contribution in [0.4, 0.5) is 0 Å². The Balaban J connectivity index is 3.51. The first-order valence-corrected chi connectivity index (χ1v) is 4.63. The summed E-state index contributed by atoms with van der Waals surface area (Å²) in [7, 11) is 0. The molecule has 0 fully saturated rings. The first-order valence-electron chi connectivity index (χ1n) is 4.63. The first-order chi connectivity index (χ1) is 5.22. The second-order valence-corrected chi connectivity index (χ2v) is 3.09. The summed E-state index contributed by atoms with van der Waals surface area (Å²) in [4.78, 5) is 0. The van der Waals surface area contributed by atoms with E-state index in [1.807, 2.05) is 6.92 Å². The maximum absolute atomic E-state index is 9.31. The molecule has 2 heteroatoms. The fourth-order valence-corrected chi connectivity index (χ4v) is 1.15. The number of aliphatic hydroxyl groups is 1. The van der Waals surface area contributed by atoms with Gasteiger partial charge in [0.2, 0.25) is 0 Å². The van der Waals surface area contributed by atoms with E-state index in [1.54, 1.807) is 0 Å². The molecule has 0 aromatic heterocycles. The highest BCUT2D eigenvalue weighted by Gasteiger charge is 2.11. The molecule has 0 aromatic carbocycles. The van der Waals surface area contributed by atoms with Gasteiger partial charge >= 0.3 is 0 Å². The fourth-order valence-electron chi connectivity index (χ4n) is 1.15. The van der Waals surface area contributed by atoms with Gasteiger partial charge in [0.15, 0.2) is 0 Å². The molecule has 2 N–H and O–H groups in total. The number of hydrogen-bond donors (Lipinski definition) is 2. The van der Waals surface area contributed by atoms with E-state index in [-0.39, 0.29) is 6.10 Å². The third-order valence-electron chi connectivity index (χ3n) is 1.84. The van der Waals surface area contributed by atoms with Crippen molar-refractivity contribution in [3.8, 4) is 0 Å². The van der Waals surface area contributed by atoms with Crippen LogP contribution < -0.4 is 5.32 Å². The van der Waals surface area contributed by atoms with Crippen LogP contribution in [0.2, 0.25) is 0 Å². The summed E-state index contributed by atoms with van der Waals surface area (Å²) in [5.41, 5.74) is 0. The van der Waals surface area contributed by atoms with Crippen LogP contribution in [0, 0.1) is 0 Å². The van der Waals surface area contributed by atoms with Gasteiger partial charge in [-0.1, -0.05) is 20.3 Å². The van der Waals surface area contributed by atoms with Crippen molar-refractivity contribution in [2.45, 2.75) is 52.2 Å². The van der Waals surface area contributed by atoms with Gasteiger partial charge in [0.1, 0.15) is 0 Å². The number of hydrogen-bond acceptors (Lipinski definition) is 2. The monoisotopic (exact) mass is 159 g/mol. The largest absolute Gasteiger partial charge is 0.392 e. The van der Waals surface area contributed by atoms with E-state index >= 15 is 0 Å². The van der Waals surface area contributed by atoms with E-state index in [9.17, 15) is 5.11 Å². The van der Waals surface area contributed by atoms with Crippen molar-refractivity contribution < 1.29 is 5.11 Å². The molecule has 0 heterocycles. The molecule has 0 aromatic rings. The smallest absolute Gasteiger partial charge is 0.0665 e. The van der Waals surface area contributed by atoms with E-state index < -0.39 is 0 Å². The molecule has 0 saturated carbocycles. The summed E-state index contributed by atoms with van der Waals surface area (Å²) < 4.78 is 0. The summed E-state index contributed by atoms with van der Waals surface area (Å²) in [6, 6.07) is 0.292. The van der Waals surface area contributed by atoms with Crippen LogP contribution in [0.25, 0.3) is 0 Å². The Labute approximate surface area is 70.0 Å². The Morgan fingerprint density at radius 3 is 2.27 bits per heavy atom. The van der Waals surface area contributed by atoms with Crippen LogP contribution in [0.1, 0.15) is 40.0 Å². The lowest BCUT2D eigenvalue weighted by Gasteiger charge is -2.20. The van der Waals surface area contributed by atoms with Gasteiger partial charge in [-0.25, -0.2) is 0 Å². The molecule has 0 bridgehead atoms. The molecule has 0 radical (unpaired) electrons. The van der Waals surface area contributed by atoms with Crippen molar-refractivity contribution in [2.75, 3.05) is 6.54 Å². The van der Waals surface area contributed by atoms with Crippen molar-refractivity contribution in [2.24, 2.45) is 0 Å². The van der Waals surface area contributed by atoms with Crippen LogP contribution in [0.15, 0.2) is 0 Å². The average molecular weight is 159 g/mol. The van der Waals surface area contributed by atoms with Crippen LogP contribution >= 0.6 is 0 Å². The second-order valence-electron chi connectivity index (χ2n) is 3.09. The Morgan fingerprint density at radius 1 is 1.27 bits per heavy atom. The predicted octanol–water partition coefficient (Wildman–Crippen LogP) is 1.54. The lowest BCUT2D eigenvalue weighted by molar-refractivity contribution is 0.140. The molecule has 0 saturated heterocycles. The molecule has 0 aliphatic rings. The maximum Gasteiger partial charge on any atom is 0.0665 e. The number of aliphatic hydroxyl groups excluding tert-OH is 1. The predicted molar refractivity (Wildman–Crippen MR) is 48.7 cm³/mol. The van der Waals surface area contributed by atoms with Gasteiger partial charge < -0.3 is 10.4 Å². The SMILES string of the molecule is CCCNC(CCC)C(C)O. The number of nitrogens with one attached hydrogen (secondary N) is 1. The van der Waals surface area contributed by atoms with Crippen LogP contribution in [0.5, 0.6) is 0 Å². The van der Waals surface area contributed by atoms with E-state index in [4.69, 9.17) is 0 Å². The standard InChI is InChI=1S/C9H21NO/c1-4-6-9(8(3)11)10-7-5-2/h8-11H,4-7H2,1-3H3. The third-order valence-corrected chi connectivity index (χ3v) is 1.84. The van der Waals surface area contributed by atoms with E-state index in [2.05, 4.69) is 19.2 Å². The molecular formula is C9H21NO. The molecule has 0 aliphatic heterocycles. The molecule has 68 valence electrons. The fraction of sp³-hybridized carbons (Fsp3) is 1.00. The molecular weight excluding hydrogens is 138 g/mol. The van der Waals surface area contributed by atoms with Gasteiger partial charge in [0.25, 0.3) is 0 Å². The Hall–Kier alpha value is -0.0800. The zero-order valence-electron chi connectivity index (χ0n) is 7.93. The zero-order valence-corrected chi connectivity index (χ0v) is 7.93. The maximum atomic E-state index is 9.31. The molecule has 0 aliphatic carbocycles. The van der Waals surface area contributed by atoms with E-state index in [1.165, 1.54) is 0 Å². The first kappa shape index (κ1) is 10.9. The van der Waals surface area contributed by atoms with Crippen molar-refractivity contribution >= 4 is 0 Å². The lowest BCUT2D eigenvalue weighted by atomic mass is 10.1. The molecule has 2 nitrogen and oxygen atoms in total. The molecule has 0 rings (SSSR count). The normalized spacial score (nSPS) is 16.4. The van der Waals surface area contributed by atoms with Crippen molar-refractivity contribution in [1.82, 2.24) is 5.32 Å². The third kappa shape index (κ3) is 5.22. The lowest BCUT2D eigenvalue weighted by Crippen LogP contribution is -2.38. The van der Waals surface area contributed by atoms with Crippen molar-refractivity contribution in [3.63, 3.8) is 0 Å². The van der Waals surface area contributed by atoms with Crippen LogP contribution in [-0.2, 0) is 0 Å². The second kappa shape index (κ2) is 6.62. The van der Waals surface area contributed by atoms with Gasteiger partial charge in [-0.2, -0.15) is 0 Å². The molecule has 0 spiro atoms. The van der Waals surface area contributed by atoms with Gasteiger partial charge in [-0.05, 0) is 26.3 Å². The molecule has 11 heavy (non-hydrogen) atoms. The highest BCUT2D eigenvalue weighted by Crippen LogP contribution is 2.01. The zero-order chi connectivity index (χ0) is 8.69. The minimum Gasteiger partial charge on any atom is -0.392 e. The highest BCUT2D eigenvalue weighted by atomic mass is 16.3. The Bertz CT molecular complexity index is 83.6. The van der Waals surface area contributed by atoms with Crippen LogP contribution in [-0.4, -0.2) is 23.8 Å². The summed E-state index contributed by atoms with van der Waals surface area (Å²) in [5.74, 6) is 0. The summed E-state index contributed by atoms with van der Waals surface area (Å²) in [5, 5.41) is 12.6. The summed E-state index contributed by atoms with van der Waals surface area (Å²) in [6.45, 7) is 7.14. The van der Waals surface area contributed by atoms with Crippen molar-refractivity contribution in [3.05, 3.63) is 0 Å². The average Bonchev–Trinajstić information content (AvgIpc) is 1.97. The quantitative estimate of drug-likeness (QED) is 0.616. The molecule has 2 atom stereocenters.